The highest BCUT2D eigenvalue weighted by atomic mass is 32.2. The number of sulfonamides is 1. The van der Waals surface area contributed by atoms with Crippen LogP contribution in [0.1, 0.15) is 32.4 Å². The molecule has 0 radical (unpaired) electrons. The third kappa shape index (κ3) is 3.39. The number of likely N-dealkylation sites (tertiary alicyclic amines) is 1. The fraction of sp³-hybridized carbons (Fsp3) is 0.765. The SMILES string of the molecule is CCCn1cc(S(=O)(=O)N2C[C@H]3CN(C)CC[C@@]3(NC(C)=O)C2)c(C)n1. The first kappa shape index (κ1) is 19.3. The van der Waals surface area contributed by atoms with E-state index in [1.807, 2.05) is 14.0 Å². The molecule has 2 aliphatic heterocycles. The maximum atomic E-state index is 13.3. The van der Waals surface area contributed by atoms with Gasteiger partial charge in [0.25, 0.3) is 0 Å². The van der Waals surface area contributed by atoms with Crippen LogP contribution >= 0.6 is 0 Å². The Morgan fingerprint density at radius 3 is 2.81 bits per heavy atom. The number of nitrogens with one attached hydrogen (secondary N) is 1. The molecule has 8 nitrogen and oxygen atoms in total. The van der Waals surface area contributed by atoms with Crippen LogP contribution in [-0.2, 0) is 21.4 Å². The van der Waals surface area contributed by atoms with Crippen LogP contribution in [0.3, 0.4) is 0 Å². The van der Waals surface area contributed by atoms with Crippen LogP contribution in [0.15, 0.2) is 11.1 Å². The van der Waals surface area contributed by atoms with E-state index < -0.39 is 15.6 Å². The van der Waals surface area contributed by atoms with E-state index in [0.29, 0.717) is 25.3 Å². The van der Waals surface area contributed by atoms with E-state index in [9.17, 15) is 13.2 Å². The number of amides is 1. The fourth-order valence-electron chi connectivity index (χ4n) is 4.28. The number of carbonyl (C=O) groups excluding carboxylic acids is 1. The highest BCUT2D eigenvalue weighted by Gasteiger charge is 2.52. The second kappa shape index (κ2) is 6.94. The van der Waals surface area contributed by atoms with Crippen molar-refractivity contribution in [2.45, 2.75) is 50.6 Å². The standard InChI is InChI=1S/C17H29N5O3S/c1-5-7-21-11-16(13(2)19-21)26(24,25)22-10-15-9-20(4)8-6-17(15,12-22)18-14(3)23/h11,15H,5-10,12H2,1-4H3,(H,18,23)/t15-,17-/m1/s1. The molecular weight excluding hydrogens is 354 g/mol. The summed E-state index contributed by atoms with van der Waals surface area (Å²) in [5.74, 6) is -0.0170. The second-order valence-corrected chi connectivity index (χ2v) is 9.59. The smallest absolute Gasteiger partial charge is 0.246 e. The molecule has 9 heteroatoms. The minimum absolute atomic E-state index is 0.0888. The molecule has 2 aliphatic rings. The Hall–Kier alpha value is -1.45. The van der Waals surface area contributed by atoms with Crippen molar-refractivity contribution < 1.29 is 13.2 Å². The summed E-state index contributed by atoms with van der Waals surface area (Å²) < 4.78 is 29.8. The van der Waals surface area contributed by atoms with Crippen LogP contribution in [0.2, 0.25) is 0 Å². The number of aromatic nitrogens is 2. The summed E-state index contributed by atoms with van der Waals surface area (Å²) >= 11 is 0. The maximum Gasteiger partial charge on any atom is 0.246 e. The number of rotatable bonds is 5. The number of nitrogens with zero attached hydrogens (tertiary/aromatic N) is 4. The number of hydrogen-bond acceptors (Lipinski definition) is 5. The predicted molar refractivity (Wildman–Crippen MR) is 98.2 cm³/mol. The molecule has 3 heterocycles. The summed E-state index contributed by atoms with van der Waals surface area (Å²) in [6.45, 7) is 8.33. The summed E-state index contributed by atoms with van der Waals surface area (Å²) in [6.07, 6.45) is 3.28. The lowest BCUT2D eigenvalue weighted by molar-refractivity contribution is -0.121. The average molecular weight is 384 g/mol. The van der Waals surface area contributed by atoms with Crippen molar-refractivity contribution in [3.63, 3.8) is 0 Å². The van der Waals surface area contributed by atoms with Gasteiger partial charge < -0.3 is 10.2 Å². The topological polar surface area (TPSA) is 87.5 Å². The van der Waals surface area contributed by atoms with E-state index >= 15 is 0 Å². The van der Waals surface area contributed by atoms with Crippen molar-refractivity contribution in [3.8, 4) is 0 Å². The Morgan fingerprint density at radius 1 is 1.42 bits per heavy atom. The molecule has 0 aliphatic carbocycles. The van der Waals surface area contributed by atoms with Gasteiger partial charge in [-0.15, -0.1) is 0 Å². The van der Waals surface area contributed by atoms with Crippen LogP contribution < -0.4 is 5.32 Å². The van der Waals surface area contributed by atoms with Gasteiger partial charge >= 0.3 is 0 Å². The Bertz CT molecular complexity index is 790. The molecule has 0 bridgehead atoms. The quantitative estimate of drug-likeness (QED) is 0.797. The summed E-state index contributed by atoms with van der Waals surface area (Å²) in [7, 11) is -1.60. The van der Waals surface area contributed by atoms with E-state index in [1.165, 1.54) is 11.2 Å². The van der Waals surface area contributed by atoms with Crippen LogP contribution in [0, 0.1) is 12.8 Å². The molecule has 2 saturated heterocycles. The van der Waals surface area contributed by atoms with Gasteiger partial charge in [-0.05, 0) is 26.8 Å². The van der Waals surface area contributed by atoms with E-state index in [1.54, 1.807) is 17.8 Å². The van der Waals surface area contributed by atoms with Crippen LogP contribution in [-0.4, -0.2) is 72.1 Å². The Balaban J connectivity index is 1.91. The summed E-state index contributed by atoms with van der Waals surface area (Å²) in [5.41, 5.74) is 0.0534. The summed E-state index contributed by atoms with van der Waals surface area (Å²) in [6, 6.07) is 0. The molecule has 2 atom stereocenters. The molecule has 2 fully saturated rings. The molecule has 146 valence electrons. The number of aryl methyl sites for hydroxylation is 2. The molecule has 3 rings (SSSR count). The van der Waals surface area contributed by atoms with Crippen molar-refractivity contribution in [2.24, 2.45) is 5.92 Å². The molecule has 26 heavy (non-hydrogen) atoms. The third-order valence-corrected chi connectivity index (χ3v) is 7.45. The van der Waals surface area contributed by atoms with Gasteiger partial charge in [0.15, 0.2) is 0 Å². The van der Waals surface area contributed by atoms with Gasteiger partial charge in [-0.3, -0.25) is 9.48 Å². The Kier molecular flexibility index (Phi) is 5.15. The van der Waals surface area contributed by atoms with E-state index in [4.69, 9.17) is 0 Å². The molecule has 0 aromatic carbocycles. The molecule has 1 N–H and O–H groups in total. The van der Waals surface area contributed by atoms with E-state index in [-0.39, 0.29) is 16.7 Å². The first-order valence-electron chi connectivity index (χ1n) is 9.19. The Labute approximate surface area is 155 Å². The van der Waals surface area contributed by atoms with Gasteiger partial charge in [0.2, 0.25) is 15.9 Å². The number of carbonyl (C=O) groups is 1. The van der Waals surface area contributed by atoms with Crippen molar-refractivity contribution >= 4 is 15.9 Å². The van der Waals surface area contributed by atoms with Gasteiger partial charge in [-0.1, -0.05) is 6.92 Å². The van der Waals surface area contributed by atoms with Crippen molar-refractivity contribution in [1.29, 1.82) is 0 Å². The van der Waals surface area contributed by atoms with E-state index in [2.05, 4.69) is 15.3 Å². The largest absolute Gasteiger partial charge is 0.349 e. The lowest BCUT2D eigenvalue weighted by Gasteiger charge is -2.42. The van der Waals surface area contributed by atoms with Crippen LogP contribution in [0.4, 0.5) is 0 Å². The lowest BCUT2D eigenvalue weighted by Crippen LogP contribution is -2.60. The number of piperidine rings is 1. The van der Waals surface area contributed by atoms with Gasteiger partial charge in [0, 0.05) is 51.8 Å². The molecular formula is C17H29N5O3S. The highest BCUT2D eigenvalue weighted by molar-refractivity contribution is 7.89. The molecule has 1 amide bonds. The highest BCUT2D eigenvalue weighted by Crippen LogP contribution is 2.38. The molecule has 1 aromatic heterocycles. The number of hydrogen-bond donors (Lipinski definition) is 1. The third-order valence-electron chi connectivity index (χ3n) is 5.53. The summed E-state index contributed by atoms with van der Waals surface area (Å²) in [5, 5.41) is 7.42. The van der Waals surface area contributed by atoms with Gasteiger partial charge in [-0.2, -0.15) is 9.40 Å². The van der Waals surface area contributed by atoms with E-state index in [0.717, 1.165) is 25.9 Å². The molecule has 0 spiro atoms. The minimum atomic E-state index is -3.64. The molecule has 0 saturated carbocycles. The summed E-state index contributed by atoms with van der Waals surface area (Å²) in [4.78, 5) is 14.3. The average Bonchev–Trinajstić information content (AvgIpc) is 3.08. The van der Waals surface area contributed by atoms with Crippen LogP contribution in [0.25, 0.3) is 0 Å². The monoisotopic (exact) mass is 383 g/mol. The molecule has 0 unspecified atom stereocenters. The van der Waals surface area contributed by atoms with Crippen molar-refractivity contribution in [1.82, 2.24) is 24.3 Å². The van der Waals surface area contributed by atoms with Crippen molar-refractivity contribution in [2.75, 3.05) is 33.2 Å². The maximum absolute atomic E-state index is 13.3. The predicted octanol–water partition coefficient (Wildman–Crippen LogP) is 0.432. The first-order valence-corrected chi connectivity index (χ1v) is 10.6. The first-order chi connectivity index (χ1) is 12.2. The normalized spacial score (nSPS) is 27.5. The zero-order valence-corrected chi connectivity index (χ0v) is 16.8. The van der Waals surface area contributed by atoms with Crippen molar-refractivity contribution in [3.05, 3.63) is 11.9 Å². The zero-order valence-electron chi connectivity index (χ0n) is 16.0. The minimum Gasteiger partial charge on any atom is -0.349 e. The van der Waals surface area contributed by atoms with Gasteiger partial charge in [0.05, 0.1) is 11.2 Å². The zero-order chi connectivity index (χ0) is 19.1. The number of fused-ring (bicyclic) bond motifs is 1. The Morgan fingerprint density at radius 2 is 2.15 bits per heavy atom. The fourth-order valence-corrected chi connectivity index (χ4v) is 6.00. The lowest BCUT2D eigenvalue weighted by atomic mass is 9.80. The van der Waals surface area contributed by atoms with Gasteiger partial charge in [0.1, 0.15) is 4.90 Å². The second-order valence-electron chi connectivity index (χ2n) is 7.69. The molecule has 1 aromatic rings. The van der Waals surface area contributed by atoms with Crippen LogP contribution in [0.5, 0.6) is 0 Å². The van der Waals surface area contributed by atoms with Gasteiger partial charge in [-0.25, -0.2) is 8.42 Å².